The average molecular weight is 328 g/mol. The maximum atomic E-state index is 14.7. The molecule has 0 heterocycles. The predicted octanol–water partition coefficient (Wildman–Crippen LogP) is 4.72. The molecule has 0 N–H and O–H groups in total. The summed E-state index contributed by atoms with van der Waals surface area (Å²) in [5.41, 5.74) is 0.976. The standard InChI is InChI=1S/C21H25FO2/c1-4-12-11-13-14-5-6-17(24)20(14,2)9-7-15(13)21(3)10-8-16(23)19(22)18(12)21/h4,8,10,13-15H,5-7,9,11H2,1-3H3/t13-,14-,15-,20-,21+/m0/s1. The van der Waals surface area contributed by atoms with Gasteiger partial charge in [0.1, 0.15) is 5.78 Å². The van der Waals surface area contributed by atoms with Gasteiger partial charge in [0, 0.05) is 22.8 Å². The van der Waals surface area contributed by atoms with Crippen LogP contribution in [-0.4, -0.2) is 11.6 Å². The molecule has 3 heteroatoms. The number of Topliss-reactive ketones (excluding diaryl/α,β-unsaturated/α-hetero) is 1. The Labute approximate surface area is 142 Å². The van der Waals surface area contributed by atoms with E-state index in [9.17, 15) is 14.0 Å². The molecule has 3 fully saturated rings. The highest BCUT2D eigenvalue weighted by Gasteiger charge is 2.59. The molecule has 0 aromatic carbocycles. The molecule has 24 heavy (non-hydrogen) atoms. The number of halogens is 1. The third kappa shape index (κ3) is 1.81. The van der Waals surface area contributed by atoms with E-state index < -0.39 is 17.0 Å². The van der Waals surface area contributed by atoms with Crippen molar-refractivity contribution in [3.8, 4) is 0 Å². The van der Waals surface area contributed by atoms with Crippen LogP contribution in [0, 0.1) is 28.6 Å². The van der Waals surface area contributed by atoms with E-state index in [0.29, 0.717) is 35.5 Å². The predicted molar refractivity (Wildman–Crippen MR) is 90.8 cm³/mol. The molecule has 0 bridgehead atoms. The van der Waals surface area contributed by atoms with Crippen LogP contribution in [0.2, 0.25) is 0 Å². The Morgan fingerprint density at radius 1 is 1.21 bits per heavy atom. The number of fused-ring (bicyclic) bond motifs is 5. The molecule has 0 saturated heterocycles. The second-order valence-corrected chi connectivity index (χ2v) is 8.48. The molecule has 3 saturated carbocycles. The van der Waals surface area contributed by atoms with Crippen LogP contribution in [0.4, 0.5) is 4.39 Å². The molecule has 0 unspecified atom stereocenters. The van der Waals surface area contributed by atoms with Gasteiger partial charge in [-0.05, 0) is 62.0 Å². The topological polar surface area (TPSA) is 34.1 Å². The van der Waals surface area contributed by atoms with Crippen molar-refractivity contribution in [1.82, 2.24) is 0 Å². The van der Waals surface area contributed by atoms with E-state index in [2.05, 4.69) is 13.8 Å². The van der Waals surface area contributed by atoms with Crippen LogP contribution in [0.15, 0.2) is 35.2 Å². The van der Waals surface area contributed by atoms with Crippen molar-refractivity contribution in [1.29, 1.82) is 0 Å². The Hall–Kier alpha value is -1.51. The highest BCUT2D eigenvalue weighted by Crippen LogP contribution is 2.65. The van der Waals surface area contributed by atoms with E-state index in [1.165, 1.54) is 6.08 Å². The Balaban J connectivity index is 1.84. The van der Waals surface area contributed by atoms with Gasteiger partial charge in [-0.3, -0.25) is 9.59 Å². The highest BCUT2D eigenvalue weighted by molar-refractivity contribution is 6.05. The van der Waals surface area contributed by atoms with Crippen LogP contribution in [0.5, 0.6) is 0 Å². The Bertz CT molecular complexity index is 728. The molecule has 4 aliphatic carbocycles. The third-order valence-electron chi connectivity index (χ3n) is 7.60. The average Bonchev–Trinajstić information content (AvgIpc) is 2.86. The van der Waals surface area contributed by atoms with Gasteiger partial charge in [0.25, 0.3) is 0 Å². The lowest BCUT2D eigenvalue weighted by molar-refractivity contribution is -0.131. The Kier molecular flexibility index (Phi) is 3.33. The van der Waals surface area contributed by atoms with Crippen molar-refractivity contribution in [3.63, 3.8) is 0 Å². The second kappa shape index (κ2) is 5.00. The first kappa shape index (κ1) is 16.0. The van der Waals surface area contributed by atoms with Gasteiger partial charge in [0.05, 0.1) is 0 Å². The lowest BCUT2D eigenvalue weighted by Crippen LogP contribution is -2.50. The number of allylic oxidation sites excluding steroid dienone is 6. The van der Waals surface area contributed by atoms with Crippen molar-refractivity contribution >= 4 is 11.6 Å². The van der Waals surface area contributed by atoms with E-state index in [1.54, 1.807) is 0 Å². The van der Waals surface area contributed by atoms with E-state index >= 15 is 0 Å². The summed E-state index contributed by atoms with van der Waals surface area (Å²) < 4.78 is 14.7. The first-order valence-corrected chi connectivity index (χ1v) is 9.15. The minimum atomic E-state index is -0.567. The van der Waals surface area contributed by atoms with Gasteiger partial charge in [-0.1, -0.05) is 26.0 Å². The zero-order valence-electron chi connectivity index (χ0n) is 14.7. The lowest BCUT2D eigenvalue weighted by Gasteiger charge is -2.56. The van der Waals surface area contributed by atoms with Gasteiger partial charge in [0.15, 0.2) is 5.83 Å². The fourth-order valence-corrected chi connectivity index (χ4v) is 6.27. The zero-order valence-corrected chi connectivity index (χ0v) is 14.7. The molecular weight excluding hydrogens is 303 g/mol. The van der Waals surface area contributed by atoms with Gasteiger partial charge in [0.2, 0.25) is 5.78 Å². The van der Waals surface area contributed by atoms with Gasteiger partial charge in [-0.25, -0.2) is 4.39 Å². The van der Waals surface area contributed by atoms with E-state index in [1.807, 2.05) is 19.1 Å². The molecule has 0 aliphatic heterocycles. The van der Waals surface area contributed by atoms with Crippen LogP contribution in [0.3, 0.4) is 0 Å². The van der Waals surface area contributed by atoms with Crippen molar-refractivity contribution in [2.24, 2.45) is 28.6 Å². The SMILES string of the molecule is CC=C1C[C@@H]2[C@H](CC[C@]3(C)C(=O)CC[C@@H]23)[C@@]2(C)C=CC(=O)C(F)=C12. The minimum absolute atomic E-state index is 0.190. The third-order valence-corrected chi connectivity index (χ3v) is 7.60. The van der Waals surface area contributed by atoms with Crippen molar-refractivity contribution < 1.29 is 14.0 Å². The van der Waals surface area contributed by atoms with Gasteiger partial charge in [-0.2, -0.15) is 0 Å². The molecular formula is C21H25FO2. The number of carbonyl (C=O) groups is 2. The van der Waals surface area contributed by atoms with E-state index in [4.69, 9.17) is 0 Å². The van der Waals surface area contributed by atoms with Crippen LogP contribution < -0.4 is 0 Å². The molecule has 0 spiro atoms. The Morgan fingerprint density at radius 3 is 2.67 bits per heavy atom. The van der Waals surface area contributed by atoms with Gasteiger partial charge < -0.3 is 0 Å². The fourth-order valence-electron chi connectivity index (χ4n) is 6.27. The summed E-state index contributed by atoms with van der Waals surface area (Å²) in [5.74, 6) is 0.460. The summed E-state index contributed by atoms with van der Waals surface area (Å²) in [6, 6.07) is 0. The summed E-state index contributed by atoms with van der Waals surface area (Å²) in [7, 11) is 0. The molecule has 2 nitrogen and oxygen atoms in total. The smallest absolute Gasteiger partial charge is 0.214 e. The second-order valence-electron chi connectivity index (χ2n) is 8.48. The molecule has 5 atom stereocenters. The maximum absolute atomic E-state index is 14.7. The largest absolute Gasteiger partial charge is 0.299 e. The van der Waals surface area contributed by atoms with Gasteiger partial charge >= 0.3 is 0 Å². The summed E-state index contributed by atoms with van der Waals surface area (Å²) in [6.45, 7) is 6.17. The molecule has 0 radical (unpaired) electrons. The van der Waals surface area contributed by atoms with Crippen LogP contribution in [-0.2, 0) is 9.59 Å². The molecule has 4 rings (SSSR count). The Morgan fingerprint density at radius 2 is 1.96 bits per heavy atom. The summed E-state index contributed by atoms with van der Waals surface area (Å²) in [6.07, 6.45) is 9.62. The fraction of sp³-hybridized carbons (Fsp3) is 0.619. The summed E-state index contributed by atoms with van der Waals surface area (Å²) >= 11 is 0. The van der Waals surface area contributed by atoms with Crippen LogP contribution >= 0.6 is 0 Å². The van der Waals surface area contributed by atoms with Crippen LogP contribution in [0.1, 0.15) is 52.9 Å². The first-order chi connectivity index (χ1) is 11.3. The number of hydrogen-bond donors (Lipinski definition) is 0. The van der Waals surface area contributed by atoms with Crippen molar-refractivity contribution in [2.45, 2.75) is 52.9 Å². The zero-order chi connectivity index (χ0) is 17.3. The first-order valence-electron chi connectivity index (χ1n) is 9.15. The van der Waals surface area contributed by atoms with Crippen molar-refractivity contribution in [2.75, 3.05) is 0 Å². The van der Waals surface area contributed by atoms with Crippen LogP contribution in [0.25, 0.3) is 0 Å². The maximum Gasteiger partial charge on any atom is 0.214 e. The summed E-state index contributed by atoms with van der Waals surface area (Å²) in [4.78, 5) is 24.4. The molecule has 128 valence electrons. The molecule has 0 aromatic heterocycles. The highest BCUT2D eigenvalue weighted by atomic mass is 19.1. The van der Waals surface area contributed by atoms with Crippen molar-refractivity contribution in [3.05, 3.63) is 35.2 Å². The lowest BCUT2D eigenvalue weighted by atomic mass is 9.47. The van der Waals surface area contributed by atoms with E-state index in [0.717, 1.165) is 31.3 Å². The quantitative estimate of drug-likeness (QED) is 0.645. The molecule has 0 aromatic rings. The van der Waals surface area contributed by atoms with E-state index in [-0.39, 0.29) is 5.41 Å². The monoisotopic (exact) mass is 328 g/mol. The molecule has 4 aliphatic rings. The minimum Gasteiger partial charge on any atom is -0.299 e. The number of ketones is 2. The number of hydrogen-bond acceptors (Lipinski definition) is 2. The van der Waals surface area contributed by atoms with Gasteiger partial charge in [-0.15, -0.1) is 0 Å². The number of rotatable bonds is 0. The normalized spacial score (nSPS) is 46.2. The number of carbonyl (C=O) groups excluding carboxylic acids is 2. The molecule has 0 amide bonds. The summed E-state index contributed by atoms with van der Waals surface area (Å²) in [5, 5.41) is 0.